The summed E-state index contributed by atoms with van der Waals surface area (Å²) in [6, 6.07) is 10.9. The number of primary amides is 1. The van der Waals surface area contributed by atoms with E-state index in [0.717, 1.165) is 16.8 Å². The number of halogens is 1. The fourth-order valence-corrected chi connectivity index (χ4v) is 3.35. The highest BCUT2D eigenvalue weighted by molar-refractivity contribution is 6.31. The number of fused-ring (bicyclic) bond motifs is 1. The number of nitrogens with zero attached hydrogens (tertiary/aromatic N) is 2. The van der Waals surface area contributed by atoms with Crippen LogP contribution in [0.15, 0.2) is 40.8 Å². The molecule has 132 valence electrons. The molecule has 2 N–H and O–H groups in total. The van der Waals surface area contributed by atoms with Gasteiger partial charge in [-0.15, -0.1) is 0 Å². The van der Waals surface area contributed by atoms with Crippen molar-refractivity contribution < 1.29 is 14.0 Å². The maximum Gasteiger partial charge on any atom is 0.227 e. The van der Waals surface area contributed by atoms with E-state index < -0.39 is 11.8 Å². The average Bonchev–Trinajstić information content (AvgIpc) is 3.18. The van der Waals surface area contributed by atoms with Gasteiger partial charge in [-0.3, -0.25) is 9.59 Å². The van der Waals surface area contributed by atoms with Crippen LogP contribution in [-0.4, -0.2) is 23.3 Å². The monoisotopic (exact) mass is 369 g/mol. The Morgan fingerprint density at radius 1 is 1.31 bits per heavy atom. The number of nitrogens with two attached hydrogens (primary N) is 1. The summed E-state index contributed by atoms with van der Waals surface area (Å²) in [7, 11) is 0. The van der Waals surface area contributed by atoms with Crippen LogP contribution in [0.1, 0.15) is 12.0 Å². The van der Waals surface area contributed by atoms with Crippen molar-refractivity contribution in [2.24, 2.45) is 11.7 Å². The first-order chi connectivity index (χ1) is 12.4. The summed E-state index contributed by atoms with van der Waals surface area (Å²) in [6.07, 6.45) is 0.139. The predicted octanol–water partition coefficient (Wildman–Crippen LogP) is 3.29. The van der Waals surface area contributed by atoms with Crippen molar-refractivity contribution in [1.29, 1.82) is 0 Å². The van der Waals surface area contributed by atoms with Gasteiger partial charge in [-0.25, -0.2) is 4.98 Å². The molecule has 7 heteroatoms. The largest absolute Gasteiger partial charge is 0.436 e. The lowest BCUT2D eigenvalue weighted by Crippen LogP contribution is -2.28. The molecule has 4 rings (SSSR count). The van der Waals surface area contributed by atoms with Crippen molar-refractivity contribution >= 4 is 40.2 Å². The summed E-state index contributed by atoms with van der Waals surface area (Å²) in [4.78, 5) is 29.8. The lowest BCUT2D eigenvalue weighted by molar-refractivity contribution is -0.123. The molecule has 1 aliphatic rings. The molecule has 1 atom stereocenters. The predicted molar refractivity (Wildman–Crippen MR) is 98.8 cm³/mol. The fraction of sp³-hybridized carbons (Fsp3) is 0.211. The van der Waals surface area contributed by atoms with E-state index in [1.807, 2.05) is 25.1 Å². The third kappa shape index (κ3) is 2.82. The van der Waals surface area contributed by atoms with Crippen LogP contribution < -0.4 is 10.6 Å². The van der Waals surface area contributed by atoms with E-state index in [-0.39, 0.29) is 12.3 Å². The minimum atomic E-state index is -0.461. The van der Waals surface area contributed by atoms with Gasteiger partial charge >= 0.3 is 0 Å². The second kappa shape index (κ2) is 6.14. The Kier molecular flexibility index (Phi) is 3.92. The summed E-state index contributed by atoms with van der Waals surface area (Å²) in [5.74, 6) is -0.581. The van der Waals surface area contributed by atoms with Gasteiger partial charge in [0.05, 0.1) is 5.92 Å². The molecule has 0 aliphatic carbocycles. The van der Waals surface area contributed by atoms with Gasteiger partial charge < -0.3 is 15.1 Å². The minimum absolute atomic E-state index is 0.113. The van der Waals surface area contributed by atoms with E-state index in [1.54, 1.807) is 23.1 Å². The first-order valence-electron chi connectivity index (χ1n) is 8.19. The van der Waals surface area contributed by atoms with E-state index in [1.165, 1.54) is 0 Å². The fourth-order valence-electron chi connectivity index (χ4n) is 3.19. The number of oxazole rings is 1. The summed E-state index contributed by atoms with van der Waals surface area (Å²) in [5.41, 5.74) is 9.06. The molecular formula is C19H16ClN3O3. The van der Waals surface area contributed by atoms with Crippen molar-refractivity contribution in [2.75, 3.05) is 11.4 Å². The zero-order chi connectivity index (χ0) is 18.4. The Morgan fingerprint density at radius 2 is 2.12 bits per heavy atom. The van der Waals surface area contributed by atoms with Crippen LogP contribution >= 0.6 is 11.6 Å². The number of benzene rings is 2. The molecule has 1 fully saturated rings. The Balaban J connectivity index is 1.74. The highest BCUT2D eigenvalue weighted by Crippen LogP contribution is 2.33. The lowest BCUT2D eigenvalue weighted by Gasteiger charge is -2.19. The van der Waals surface area contributed by atoms with E-state index in [9.17, 15) is 9.59 Å². The van der Waals surface area contributed by atoms with Crippen LogP contribution in [0.5, 0.6) is 0 Å². The zero-order valence-corrected chi connectivity index (χ0v) is 14.8. The van der Waals surface area contributed by atoms with Crippen LogP contribution in [0.4, 0.5) is 5.69 Å². The van der Waals surface area contributed by atoms with Gasteiger partial charge in [-0.05, 0) is 42.8 Å². The van der Waals surface area contributed by atoms with Crippen molar-refractivity contribution in [3.63, 3.8) is 0 Å². The molecular weight excluding hydrogens is 354 g/mol. The first kappa shape index (κ1) is 16.6. The molecule has 1 aliphatic heterocycles. The van der Waals surface area contributed by atoms with Crippen molar-refractivity contribution in [2.45, 2.75) is 13.3 Å². The van der Waals surface area contributed by atoms with Gasteiger partial charge in [-0.2, -0.15) is 0 Å². The third-order valence-electron chi connectivity index (χ3n) is 4.62. The van der Waals surface area contributed by atoms with E-state index >= 15 is 0 Å². The molecule has 1 saturated heterocycles. The van der Waals surface area contributed by atoms with E-state index in [4.69, 9.17) is 21.8 Å². The molecule has 0 saturated carbocycles. The molecule has 26 heavy (non-hydrogen) atoms. The number of hydrogen-bond acceptors (Lipinski definition) is 4. The van der Waals surface area contributed by atoms with E-state index in [2.05, 4.69) is 4.98 Å². The van der Waals surface area contributed by atoms with E-state index in [0.29, 0.717) is 28.6 Å². The Hall–Kier alpha value is -2.86. The number of carbonyl (C=O) groups excluding carboxylic acids is 2. The number of carbonyl (C=O) groups is 2. The maximum atomic E-state index is 12.3. The van der Waals surface area contributed by atoms with Gasteiger partial charge in [0.25, 0.3) is 0 Å². The zero-order valence-electron chi connectivity index (χ0n) is 14.0. The lowest BCUT2D eigenvalue weighted by atomic mass is 10.1. The molecule has 2 heterocycles. The highest BCUT2D eigenvalue weighted by Gasteiger charge is 2.34. The minimum Gasteiger partial charge on any atom is -0.436 e. The molecule has 0 bridgehead atoms. The second-order valence-electron chi connectivity index (χ2n) is 6.44. The van der Waals surface area contributed by atoms with Gasteiger partial charge in [0.2, 0.25) is 17.7 Å². The van der Waals surface area contributed by atoms with Crippen LogP contribution in [0.3, 0.4) is 0 Å². The molecule has 2 aromatic carbocycles. The normalized spacial score (nSPS) is 17.2. The standard InChI is InChI=1S/C19H16ClN3O3/c1-10-2-3-11(19-22-14-8-13(20)4-5-16(14)26-19)6-15(10)23-9-12(18(21)25)7-17(23)24/h2-6,8,12H,7,9H2,1H3,(H2,21,25)/t12-/m0/s1. The quantitative estimate of drug-likeness (QED) is 0.767. The highest BCUT2D eigenvalue weighted by atomic mass is 35.5. The van der Waals surface area contributed by atoms with Gasteiger partial charge in [-0.1, -0.05) is 17.7 Å². The topological polar surface area (TPSA) is 89.4 Å². The number of aromatic nitrogens is 1. The van der Waals surface area contributed by atoms with Crippen molar-refractivity contribution in [3.8, 4) is 11.5 Å². The smallest absolute Gasteiger partial charge is 0.227 e. The van der Waals surface area contributed by atoms with Gasteiger partial charge in [0.15, 0.2) is 5.58 Å². The third-order valence-corrected chi connectivity index (χ3v) is 4.86. The Bertz CT molecular complexity index is 1040. The summed E-state index contributed by atoms with van der Waals surface area (Å²) >= 11 is 6.00. The summed E-state index contributed by atoms with van der Waals surface area (Å²) < 4.78 is 5.81. The molecule has 6 nitrogen and oxygen atoms in total. The Labute approximate surface area is 154 Å². The SMILES string of the molecule is Cc1ccc(-c2nc3cc(Cl)ccc3o2)cc1N1C[C@@H](C(N)=O)CC1=O. The number of hydrogen-bond donors (Lipinski definition) is 1. The van der Waals surface area contributed by atoms with Gasteiger partial charge in [0.1, 0.15) is 5.52 Å². The van der Waals surface area contributed by atoms with Crippen molar-refractivity contribution in [3.05, 3.63) is 47.0 Å². The molecule has 0 spiro atoms. The maximum absolute atomic E-state index is 12.3. The number of aryl methyl sites for hydroxylation is 1. The second-order valence-corrected chi connectivity index (χ2v) is 6.88. The van der Waals surface area contributed by atoms with Gasteiger partial charge in [0, 0.05) is 29.2 Å². The Morgan fingerprint density at radius 3 is 2.85 bits per heavy atom. The molecule has 0 unspecified atom stereocenters. The number of anilines is 1. The number of rotatable bonds is 3. The van der Waals surface area contributed by atoms with Crippen LogP contribution in [0, 0.1) is 12.8 Å². The number of amides is 2. The first-order valence-corrected chi connectivity index (χ1v) is 8.57. The summed E-state index contributed by atoms with van der Waals surface area (Å²) in [5, 5.41) is 0.585. The van der Waals surface area contributed by atoms with Crippen LogP contribution in [0.25, 0.3) is 22.6 Å². The molecule has 2 amide bonds. The average molecular weight is 370 g/mol. The van der Waals surface area contributed by atoms with Crippen molar-refractivity contribution in [1.82, 2.24) is 4.98 Å². The summed E-state index contributed by atoms with van der Waals surface area (Å²) in [6.45, 7) is 2.21. The van der Waals surface area contributed by atoms with Crippen LogP contribution in [-0.2, 0) is 9.59 Å². The molecule has 3 aromatic rings. The molecule has 0 radical (unpaired) electrons. The molecule has 1 aromatic heterocycles. The van der Waals surface area contributed by atoms with Crippen LogP contribution in [0.2, 0.25) is 5.02 Å².